The summed E-state index contributed by atoms with van der Waals surface area (Å²) in [6.45, 7) is -0.625. The van der Waals surface area contributed by atoms with E-state index < -0.39 is 12.7 Å². The van der Waals surface area contributed by atoms with E-state index in [9.17, 15) is 27.6 Å². The standard InChI is InChI=1S/C33H35F3N4O5/c1-20(41)40-18-24(23-10-13-29(45-33(35)36)30(15-23)44-19-22-6-7-22)14-28(40)31(42)37-16-26-4-3-5-27(38-26)32(43)39(2)17-21-8-11-25(34)12-9-21/h3-5,8-13,15,22,24,28,33H,6-7,14,16-19H2,1-2H3,(H,37,42)/t24?,28-/m1/s1. The van der Waals surface area contributed by atoms with E-state index in [1.165, 1.54) is 34.9 Å². The van der Waals surface area contributed by atoms with E-state index in [4.69, 9.17) is 4.74 Å². The molecule has 1 N–H and O–H groups in total. The molecule has 1 saturated heterocycles. The molecule has 1 aliphatic carbocycles. The monoisotopic (exact) mass is 624 g/mol. The molecule has 3 aromatic rings. The van der Waals surface area contributed by atoms with Crippen LogP contribution in [0.3, 0.4) is 0 Å². The van der Waals surface area contributed by atoms with E-state index in [1.54, 1.807) is 49.5 Å². The zero-order chi connectivity index (χ0) is 32.1. The van der Waals surface area contributed by atoms with Crippen LogP contribution >= 0.6 is 0 Å². The number of nitrogens with zero attached hydrogens (tertiary/aromatic N) is 3. The molecule has 1 unspecified atom stereocenters. The number of carbonyl (C=O) groups is 3. The fraction of sp³-hybridized carbons (Fsp3) is 0.394. The smallest absolute Gasteiger partial charge is 0.387 e. The Morgan fingerprint density at radius 3 is 2.51 bits per heavy atom. The van der Waals surface area contributed by atoms with Gasteiger partial charge in [-0.05, 0) is 72.7 Å². The number of rotatable bonds is 12. The minimum absolute atomic E-state index is 0.0351. The summed E-state index contributed by atoms with van der Waals surface area (Å²) in [6.07, 6.45) is 2.38. The summed E-state index contributed by atoms with van der Waals surface area (Å²) in [5.74, 6) is -1.01. The highest BCUT2D eigenvalue weighted by Crippen LogP contribution is 2.39. The zero-order valence-electron chi connectivity index (χ0n) is 25.0. The molecule has 0 spiro atoms. The van der Waals surface area contributed by atoms with Crippen LogP contribution in [0, 0.1) is 11.7 Å². The molecule has 9 nitrogen and oxygen atoms in total. The first kappa shape index (κ1) is 31.8. The maximum absolute atomic E-state index is 13.3. The lowest BCUT2D eigenvalue weighted by molar-refractivity contribution is -0.136. The molecule has 3 amide bonds. The molecule has 12 heteroatoms. The Morgan fingerprint density at radius 1 is 1.07 bits per heavy atom. The minimum atomic E-state index is -3.00. The Bertz CT molecular complexity index is 1530. The first-order chi connectivity index (χ1) is 21.6. The lowest BCUT2D eigenvalue weighted by atomic mass is 9.95. The van der Waals surface area contributed by atoms with E-state index in [2.05, 4.69) is 15.0 Å². The van der Waals surface area contributed by atoms with Crippen molar-refractivity contribution in [2.75, 3.05) is 20.2 Å². The number of carbonyl (C=O) groups excluding carboxylic acids is 3. The van der Waals surface area contributed by atoms with E-state index in [0.29, 0.717) is 24.6 Å². The Hall–Kier alpha value is -4.61. The zero-order valence-corrected chi connectivity index (χ0v) is 25.0. The predicted octanol–water partition coefficient (Wildman–Crippen LogP) is 4.90. The van der Waals surface area contributed by atoms with Gasteiger partial charge in [0.1, 0.15) is 17.6 Å². The number of ether oxygens (including phenoxy) is 2. The maximum atomic E-state index is 13.3. The normalized spacial score (nSPS) is 17.7. The molecule has 2 atom stereocenters. The van der Waals surface area contributed by atoms with Crippen LogP contribution in [0.5, 0.6) is 11.5 Å². The van der Waals surface area contributed by atoms with Gasteiger partial charge >= 0.3 is 6.61 Å². The van der Waals surface area contributed by atoms with Gasteiger partial charge in [0, 0.05) is 33.0 Å². The van der Waals surface area contributed by atoms with Crippen molar-refractivity contribution in [3.63, 3.8) is 0 Å². The fourth-order valence-electron chi connectivity index (χ4n) is 5.37. The molecule has 2 aliphatic rings. The Labute approximate surface area is 259 Å². The van der Waals surface area contributed by atoms with Crippen LogP contribution < -0.4 is 14.8 Å². The molecule has 1 aliphatic heterocycles. The SMILES string of the molecule is CC(=O)N1CC(c2ccc(OC(F)F)c(OCC3CC3)c2)C[C@@H]1C(=O)NCc1cccc(C(=O)N(C)Cc2ccc(F)cc2)n1. The van der Waals surface area contributed by atoms with Gasteiger partial charge in [0.15, 0.2) is 11.5 Å². The molecular weight excluding hydrogens is 589 g/mol. The number of benzene rings is 2. The second-order valence-corrected chi connectivity index (χ2v) is 11.5. The molecule has 5 rings (SSSR count). The highest BCUT2D eigenvalue weighted by atomic mass is 19.3. The largest absolute Gasteiger partial charge is 0.489 e. The fourth-order valence-corrected chi connectivity index (χ4v) is 5.37. The van der Waals surface area contributed by atoms with Crippen LogP contribution in [0.15, 0.2) is 60.7 Å². The number of hydrogen-bond donors (Lipinski definition) is 1. The second kappa shape index (κ2) is 14.0. The number of amides is 3. The molecule has 1 aromatic heterocycles. The summed E-state index contributed by atoms with van der Waals surface area (Å²) in [7, 11) is 1.62. The van der Waals surface area contributed by atoms with E-state index in [1.807, 2.05) is 0 Å². The van der Waals surface area contributed by atoms with Gasteiger partial charge in [-0.15, -0.1) is 0 Å². The van der Waals surface area contributed by atoms with Crippen molar-refractivity contribution in [3.05, 3.63) is 89.0 Å². The van der Waals surface area contributed by atoms with E-state index in [0.717, 1.165) is 24.0 Å². The van der Waals surface area contributed by atoms with Gasteiger partial charge in [-0.25, -0.2) is 9.37 Å². The summed E-state index contributed by atoms with van der Waals surface area (Å²) < 4.78 is 49.6. The van der Waals surface area contributed by atoms with Crippen LogP contribution in [-0.4, -0.2) is 65.4 Å². The molecule has 238 valence electrons. The summed E-state index contributed by atoms with van der Waals surface area (Å²) in [5, 5.41) is 2.84. The van der Waals surface area contributed by atoms with E-state index in [-0.39, 0.29) is 66.3 Å². The van der Waals surface area contributed by atoms with Gasteiger partial charge in [-0.1, -0.05) is 24.3 Å². The molecule has 2 heterocycles. The number of nitrogens with one attached hydrogen (secondary N) is 1. The van der Waals surface area contributed by atoms with Crippen molar-refractivity contribution in [1.82, 2.24) is 20.1 Å². The lowest BCUT2D eigenvalue weighted by Crippen LogP contribution is -2.45. The van der Waals surface area contributed by atoms with Crippen LogP contribution in [0.1, 0.15) is 59.4 Å². The van der Waals surface area contributed by atoms with Crippen molar-refractivity contribution >= 4 is 17.7 Å². The van der Waals surface area contributed by atoms with Crippen molar-refractivity contribution < 1.29 is 37.0 Å². The molecular formula is C33H35F3N4O5. The van der Waals surface area contributed by atoms with Gasteiger partial charge in [0.05, 0.1) is 18.8 Å². The third kappa shape index (κ3) is 8.31. The van der Waals surface area contributed by atoms with Crippen molar-refractivity contribution in [1.29, 1.82) is 0 Å². The number of pyridine rings is 1. The van der Waals surface area contributed by atoms with Crippen molar-refractivity contribution in [2.24, 2.45) is 5.92 Å². The van der Waals surface area contributed by atoms with Crippen molar-refractivity contribution in [2.45, 2.75) is 57.8 Å². The third-order valence-electron chi connectivity index (χ3n) is 7.98. The van der Waals surface area contributed by atoms with Crippen LogP contribution in [0.4, 0.5) is 13.2 Å². The van der Waals surface area contributed by atoms with Crippen LogP contribution in [0.25, 0.3) is 0 Å². The molecule has 0 radical (unpaired) electrons. The van der Waals surface area contributed by atoms with Gasteiger partial charge in [0.2, 0.25) is 11.8 Å². The highest BCUT2D eigenvalue weighted by molar-refractivity contribution is 5.92. The average Bonchev–Trinajstić information content (AvgIpc) is 3.74. The molecule has 2 aromatic carbocycles. The Morgan fingerprint density at radius 2 is 1.82 bits per heavy atom. The molecule has 0 bridgehead atoms. The third-order valence-corrected chi connectivity index (χ3v) is 7.98. The summed E-state index contributed by atoms with van der Waals surface area (Å²) >= 11 is 0. The number of likely N-dealkylation sites (tertiary alicyclic amines) is 1. The lowest BCUT2D eigenvalue weighted by Gasteiger charge is -2.22. The Kier molecular flexibility index (Phi) is 9.90. The van der Waals surface area contributed by atoms with Crippen LogP contribution in [-0.2, 0) is 22.7 Å². The number of aromatic nitrogens is 1. The summed E-state index contributed by atoms with van der Waals surface area (Å²) in [4.78, 5) is 46.2. The first-order valence-corrected chi connectivity index (χ1v) is 14.8. The van der Waals surface area contributed by atoms with E-state index >= 15 is 0 Å². The molecule has 2 fully saturated rings. The molecule has 45 heavy (non-hydrogen) atoms. The quantitative estimate of drug-likeness (QED) is 0.308. The number of hydrogen-bond acceptors (Lipinski definition) is 6. The minimum Gasteiger partial charge on any atom is -0.489 e. The number of halogens is 3. The van der Waals surface area contributed by atoms with Gasteiger partial charge in [-0.2, -0.15) is 8.78 Å². The molecule has 1 saturated carbocycles. The van der Waals surface area contributed by atoms with Crippen molar-refractivity contribution in [3.8, 4) is 11.5 Å². The average molecular weight is 625 g/mol. The van der Waals surface area contributed by atoms with Gasteiger partial charge in [-0.3, -0.25) is 14.4 Å². The number of alkyl halides is 2. The Balaban J connectivity index is 1.22. The summed E-state index contributed by atoms with van der Waals surface area (Å²) in [5.41, 5.74) is 2.17. The van der Waals surface area contributed by atoms with Gasteiger partial charge < -0.3 is 24.6 Å². The first-order valence-electron chi connectivity index (χ1n) is 14.8. The van der Waals surface area contributed by atoms with Crippen LogP contribution in [0.2, 0.25) is 0 Å². The topological polar surface area (TPSA) is 101 Å². The predicted molar refractivity (Wildman–Crippen MR) is 158 cm³/mol. The summed E-state index contributed by atoms with van der Waals surface area (Å²) in [6, 6.07) is 14.8. The maximum Gasteiger partial charge on any atom is 0.387 e. The second-order valence-electron chi connectivity index (χ2n) is 11.5. The van der Waals surface area contributed by atoms with Gasteiger partial charge in [0.25, 0.3) is 5.91 Å². The highest BCUT2D eigenvalue weighted by Gasteiger charge is 2.39.